The van der Waals surface area contributed by atoms with Crippen molar-refractivity contribution in [1.29, 1.82) is 0 Å². The zero-order chi connectivity index (χ0) is 11.0. The van der Waals surface area contributed by atoms with Crippen LogP contribution in [0.5, 0.6) is 0 Å². The maximum atomic E-state index is 2.43. The van der Waals surface area contributed by atoms with E-state index in [4.69, 9.17) is 0 Å². The SMILES string of the molecule is CC1=[C]([Zr][CH]2C=Cc3ccccc32)CC=C1. The molecule has 1 aromatic rings. The topological polar surface area (TPSA) is 0 Å². The first-order chi connectivity index (χ1) is 7.84. The van der Waals surface area contributed by atoms with Crippen LogP contribution >= 0.6 is 0 Å². The van der Waals surface area contributed by atoms with Gasteiger partial charge in [-0.2, -0.15) is 0 Å². The molecule has 0 saturated heterocycles. The van der Waals surface area contributed by atoms with E-state index in [1.807, 2.05) is 0 Å². The predicted octanol–water partition coefficient (Wildman–Crippen LogP) is 4.07. The Balaban J connectivity index is 1.84. The van der Waals surface area contributed by atoms with E-state index >= 15 is 0 Å². The van der Waals surface area contributed by atoms with Gasteiger partial charge in [-0.25, -0.2) is 0 Å². The maximum absolute atomic E-state index is 2.43. The third-order valence-electron chi connectivity index (χ3n) is 3.29. The molecule has 0 heterocycles. The molecule has 0 nitrogen and oxygen atoms in total. The van der Waals surface area contributed by atoms with E-state index in [2.05, 4.69) is 55.5 Å². The molecule has 0 aliphatic heterocycles. The molecule has 1 heteroatoms. The molecule has 0 N–H and O–H groups in total. The third kappa shape index (κ3) is 1.82. The standard InChI is InChI=1S/C9H7.C6H7.Zr/c1-2-5-9-7-3-6-8(9)4-1;1-6-4-2-3-5-6;/h1-7H;2,4H,3H2,1H3;. The van der Waals surface area contributed by atoms with Gasteiger partial charge in [0.25, 0.3) is 0 Å². The van der Waals surface area contributed by atoms with Crippen molar-refractivity contribution in [2.45, 2.75) is 17.0 Å². The number of benzene rings is 1. The minimum absolute atomic E-state index is 0.464. The molecule has 78 valence electrons. The second-order valence-corrected chi connectivity index (χ2v) is 8.10. The third-order valence-corrected chi connectivity index (χ3v) is 7.62. The van der Waals surface area contributed by atoms with Crippen LogP contribution in [0.15, 0.2) is 51.3 Å². The van der Waals surface area contributed by atoms with E-state index in [1.165, 1.54) is 12.0 Å². The van der Waals surface area contributed by atoms with Crippen LogP contribution in [-0.4, -0.2) is 0 Å². The average Bonchev–Trinajstić information content (AvgIpc) is 2.88. The number of hydrogen-bond acceptors (Lipinski definition) is 0. The van der Waals surface area contributed by atoms with Crippen LogP contribution in [0.3, 0.4) is 0 Å². The fourth-order valence-corrected chi connectivity index (χ4v) is 6.12. The van der Waals surface area contributed by atoms with E-state index in [0.29, 0.717) is 0 Å². The van der Waals surface area contributed by atoms with Crippen molar-refractivity contribution >= 4 is 6.08 Å². The Morgan fingerprint density at radius 3 is 2.88 bits per heavy atom. The van der Waals surface area contributed by atoms with Gasteiger partial charge in [-0.05, 0) is 0 Å². The summed E-state index contributed by atoms with van der Waals surface area (Å²) in [5.74, 6) is 0. The fourth-order valence-electron chi connectivity index (χ4n) is 2.35. The van der Waals surface area contributed by atoms with Gasteiger partial charge in [-0.15, -0.1) is 0 Å². The van der Waals surface area contributed by atoms with Crippen molar-refractivity contribution in [3.05, 3.63) is 62.5 Å². The first kappa shape index (κ1) is 10.5. The van der Waals surface area contributed by atoms with Crippen molar-refractivity contribution in [2.75, 3.05) is 0 Å². The van der Waals surface area contributed by atoms with Crippen LogP contribution < -0.4 is 0 Å². The first-order valence-corrected chi connectivity index (χ1v) is 8.39. The van der Waals surface area contributed by atoms with Gasteiger partial charge in [0, 0.05) is 0 Å². The van der Waals surface area contributed by atoms with Crippen LogP contribution in [0, 0.1) is 0 Å². The Morgan fingerprint density at radius 2 is 2.06 bits per heavy atom. The van der Waals surface area contributed by atoms with Crippen LogP contribution in [0.25, 0.3) is 6.08 Å². The monoisotopic (exact) mass is 284 g/mol. The van der Waals surface area contributed by atoms with E-state index in [9.17, 15) is 0 Å². The summed E-state index contributed by atoms with van der Waals surface area (Å²) < 4.78 is 2.54. The number of allylic oxidation sites excluding steroid dienone is 5. The predicted molar refractivity (Wildman–Crippen MR) is 64.7 cm³/mol. The van der Waals surface area contributed by atoms with E-state index < -0.39 is 23.2 Å². The van der Waals surface area contributed by atoms with Gasteiger partial charge >= 0.3 is 109 Å². The zero-order valence-corrected chi connectivity index (χ0v) is 11.9. The van der Waals surface area contributed by atoms with Crippen LogP contribution in [0.1, 0.15) is 28.1 Å². The molecular formula is C15H14Zr. The summed E-state index contributed by atoms with van der Waals surface area (Å²) in [5, 5.41) is 0. The van der Waals surface area contributed by atoms with Gasteiger partial charge in [-0.1, -0.05) is 0 Å². The molecule has 16 heavy (non-hydrogen) atoms. The molecule has 0 radical (unpaired) electrons. The molecule has 0 aromatic heterocycles. The summed E-state index contributed by atoms with van der Waals surface area (Å²) in [4.78, 5) is 0. The van der Waals surface area contributed by atoms with Crippen molar-refractivity contribution in [3.63, 3.8) is 0 Å². The Kier molecular flexibility index (Phi) is 2.81. The molecular weight excluding hydrogens is 271 g/mol. The molecule has 0 bridgehead atoms. The van der Waals surface area contributed by atoms with Gasteiger partial charge in [0.15, 0.2) is 0 Å². The average molecular weight is 286 g/mol. The van der Waals surface area contributed by atoms with Gasteiger partial charge < -0.3 is 0 Å². The summed E-state index contributed by atoms with van der Waals surface area (Å²) in [5.41, 5.74) is 4.56. The molecule has 3 rings (SSSR count). The van der Waals surface area contributed by atoms with Crippen molar-refractivity contribution in [2.24, 2.45) is 0 Å². The normalized spacial score (nSPS) is 21.7. The van der Waals surface area contributed by atoms with Crippen molar-refractivity contribution in [3.8, 4) is 0 Å². The molecule has 2 aliphatic carbocycles. The quantitative estimate of drug-likeness (QED) is 0.768. The molecule has 1 atom stereocenters. The zero-order valence-electron chi connectivity index (χ0n) is 9.40. The molecule has 0 fully saturated rings. The van der Waals surface area contributed by atoms with Gasteiger partial charge in [0.05, 0.1) is 0 Å². The Morgan fingerprint density at radius 1 is 1.19 bits per heavy atom. The molecule has 1 unspecified atom stereocenters. The number of rotatable bonds is 2. The molecule has 2 aliphatic rings. The molecule has 0 saturated carbocycles. The van der Waals surface area contributed by atoms with E-state index in [0.717, 1.165) is 3.63 Å². The van der Waals surface area contributed by atoms with E-state index in [1.54, 1.807) is 14.4 Å². The Hall–Kier alpha value is -0.677. The number of hydrogen-bond donors (Lipinski definition) is 0. The summed E-state index contributed by atoms with van der Waals surface area (Å²) in [6.45, 7) is 2.27. The van der Waals surface area contributed by atoms with Crippen molar-refractivity contribution < 1.29 is 23.2 Å². The Bertz CT molecular complexity index is 506. The van der Waals surface area contributed by atoms with Crippen molar-refractivity contribution in [1.82, 2.24) is 0 Å². The van der Waals surface area contributed by atoms with E-state index in [-0.39, 0.29) is 0 Å². The van der Waals surface area contributed by atoms with Crippen LogP contribution in [-0.2, 0) is 23.2 Å². The molecule has 0 spiro atoms. The van der Waals surface area contributed by atoms with Crippen LogP contribution in [0.2, 0.25) is 0 Å². The van der Waals surface area contributed by atoms with Gasteiger partial charge in [0.1, 0.15) is 0 Å². The van der Waals surface area contributed by atoms with Gasteiger partial charge in [0.2, 0.25) is 0 Å². The first-order valence-electron chi connectivity index (χ1n) is 5.74. The second kappa shape index (κ2) is 4.30. The fraction of sp³-hybridized carbons (Fsp3) is 0.200. The molecule has 0 amide bonds. The molecule has 1 aromatic carbocycles. The Labute approximate surface area is 108 Å². The summed E-state index contributed by atoms with van der Waals surface area (Å²) in [6.07, 6.45) is 10.6. The summed E-state index contributed by atoms with van der Waals surface area (Å²) in [6, 6.07) is 8.85. The number of fused-ring (bicyclic) bond motifs is 1. The second-order valence-electron chi connectivity index (χ2n) is 4.38. The summed E-state index contributed by atoms with van der Waals surface area (Å²) >= 11 is -0.464. The van der Waals surface area contributed by atoms with Gasteiger partial charge in [-0.3, -0.25) is 0 Å². The minimum atomic E-state index is -0.464. The summed E-state index contributed by atoms with van der Waals surface area (Å²) in [7, 11) is 0. The van der Waals surface area contributed by atoms with Crippen LogP contribution in [0.4, 0.5) is 0 Å².